The third-order valence-electron chi connectivity index (χ3n) is 5.32. The van der Waals surface area contributed by atoms with Gasteiger partial charge in [-0.05, 0) is 54.6 Å². The number of nitrogens with one attached hydrogen (secondary N) is 1. The Morgan fingerprint density at radius 3 is 2.48 bits per heavy atom. The molecule has 0 spiro atoms. The van der Waals surface area contributed by atoms with Gasteiger partial charge in [-0.15, -0.1) is 10.2 Å². The summed E-state index contributed by atoms with van der Waals surface area (Å²) >= 11 is 7.31. The fourth-order valence-corrected chi connectivity index (χ4v) is 4.98. The van der Waals surface area contributed by atoms with Crippen molar-refractivity contribution >= 4 is 34.3 Å². The quantitative estimate of drug-likeness (QED) is 0.318. The van der Waals surface area contributed by atoms with Crippen LogP contribution in [0.1, 0.15) is 6.92 Å². The van der Waals surface area contributed by atoms with Gasteiger partial charge in [-0.2, -0.15) is 0 Å². The van der Waals surface area contributed by atoms with Crippen molar-refractivity contribution in [3.63, 3.8) is 0 Å². The molecule has 0 aliphatic carbocycles. The normalized spacial score (nSPS) is 11.2. The fraction of sp³-hybridized carbons (Fsp3) is 0.0800. The minimum atomic E-state index is -0.385. The lowest BCUT2D eigenvalue weighted by Gasteiger charge is -2.13. The molecule has 0 saturated heterocycles. The Morgan fingerprint density at radius 2 is 1.76 bits per heavy atom. The van der Waals surface area contributed by atoms with Crippen LogP contribution < -0.4 is 5.56 Å². The lowest BCUT2D eigenvalue weighted by atomic mass is 10.0. The molecule has 3 aromatic carbocycles. The highest BCUT2D eigenvalue weighted by Gasteiger charge is 2.21. The van der Waals surface area contributed by atoms with Gasteiger partial charge in [-0.3, -0.25) is 4.79 Å². The first-order valence-electron chi connectivity index (χ1n) is 10.3. The van der Waals surface area contributed by atoms with Gasteiger partial charge < -0.3 is 9.55 Å². The Bertz CT molecular complexity index is 1510. The molecule has 33 heavy (non-hydrogen) atoms. The molecule has 0 aliphatic rings. The van der Waals surface area contributed by atoms with Gasteiger partial charge in [0.1, 0.15) is 5.82 Å². The van der Waals surface area contributed by atoms with Crippen LogP contribution in [0.15, 0.2) is 87.6 Å². The average molecular weight is 477 g/mol. The average Bonchev–Trinajstić information content (AvgIpc) is 3.24. The number of pyridine rings is 1. The summed E-state index contributed by atoms with van der Waals surface area (Å²) in [4.78, 5) is 16.5. The van der Waals surface area contributed by atoms with E-state index in [1.807, 2.05) is 54.0 Å². The fourth-order valence-electron chi connectivity index (χ4n) is 3.79. The predicted octanol–water partition coefficient (Wildman–Crippen LogP) is 6.42. The van der Waals surface area contributed by atoms with E-state index < -0.39 is 0 Å². The maximum atomic E-state index is 14.2. The first-order chi connectivity index (χ1) is 16.0. The summed E-state index contributed by atoms with van der Waals surface area (Å²) in [7, 11) is 0. The zero-order chi connectivity index (χ0) is 22.9. The highest BCUT2D eigenvalue weighted by Crippen LogP contribution is 2.38. The van der Waals surface area contributed by atoms with Crippen LogP contribution >= 0.6 is 23.4 Å². The number of halogens is 2. The van der Waals surface area contributed by atoms with Gasteiger partial charge in [-0.1, -0.05) is 54.1 Å². The Kier molecular flexibility index (Phi) is 5.74. The van der Waals surface area contributed by atoms with Crippen molar-refractivity contribution in [1.29, 1.82) is 0 Å². The molecule has 164 valence electrons. The van der Waals surface area contributed by atoms with Crippen molar-refractivity contribution in [2.45, 2.75) is 23.5 Å². The minimum Gasteiger partial charge on any atom is -0.321 e. The SMILES string of the molecule is CCn1c(Sc2c(-c3ccc(Cl)cc3)c3cc(F)ccc3[nH]c2=O)nnc1-c1ccccc1. The third-order valence-corrected chi connectivity index (χ3v) is 6.65. The first kappa shape index (κ1) is 21.4. The van der Waals surface area contributed by atoms with E-state index in [0.717, 1.165) is 17.0 Å². The Balaban J connectivity index is 1.72. The topological polar surface area (TPSA) is 63.6 Å². The number of benzene rings is 3. The maximum absolute atomic E-state index is 14.2. The molecule has 0 aliphatic heterocycles. The first-order valence-corrected chi connectivity index (χ1v) is 11.5. The second kappa shape index (κ2) is 8.84. The Labute approximate surface area is 198 Å². The van der Waals surface area contributed by atoms with E-state index >= 15 is 0 Å². The second-order valence-electron chi connectivity index (χ2n) is 7.37. The summed E-state index contributed by atoms with van der Waals surface area (Å²) in [5.74, 6) is 0.334. The highest BCUT2D eigenvalue weighted by molar-refractivity contribution is 7.99. The standard InChI is InChI=1S/C25H18ClFN4OS/c1-2-31-23(16-6-4-3-5-7-16)29-30-25(31)33-22-21(15-8-10-17(26)11-9-15)19-14-18(27)12-13-20(19)28-24(22)32/h3-14H,2H2,1H3,(H,28,32). The molecule has 0 amide bonds. The zero-order valence-electron chi connectivity index (χ0n) is 17.5. The predicted molar refractivity (Wildman–Crippen MR) is 130 cm³/mol. The summed E-state index contributed by atoms with van der Waals surface area (Å²) in [6.07, 6.45) is 0. The smallest absolute Gasteiger partial charge is 0.263 e. The minimum absolute atomic E-state index is 0.282. The molecule has 0 bridgehead atoms. The van der Waals surface area contributed by atoms with E-state index in [0.29, 0.717) is 38.1 Å². The van der Waals surface area contributed by atoms with Crippen molar-refractivity contribution in [2.24, 2.45) is 0 Å². The van der Waals surface area contributed by atoms with E-state index in [4.69, 9.17) is 11.6 Å². The van der Waals surface area contributed by atoms with Crippen molar-refractivity contribution < 1.29 is 4.39 Å². The highest BCUT2D eigenvalue weighted by atomic mass is 35.5. The van der Waals surface area contributed by atoms with E-state index in [-0.39, 0.29) is 11.4 Å². The molecule has 2 aromatic heterocycles. The molecular formula is C25H18ClFN4OS. The number of rotatable bonds is 5. The number of H-pyrrole nitrogens is 1. The number of aromatic amines is 1. The molecule has 0 unspecified atom stereocenters. The second-order valence-corrected chi connectivity index (χ2v) is 8.79. The lowest BCUT2D eigenvalue weighted by molar-refractivity contribution is 0.629. The van der Waals surface area contributed by atoms with Gasteiger partial charge >= 0.3 is 0 Å². The van der Waals surface area contributed by atoms with Crippen LogP contribution in [0, 0.1) is 5.82 Å². The van der Waals surface area contributed by atoms with Crippen LogP contribution in [0.4, 0.5) is 4.39 Å². The van der Waals surface area contributed by atoms with Crippen LogP contribution in [0.2, 0.25) is 5.02 Å². The van der Waals surface area contributed by atoms with Crippen molar-refractivity contribution in [3.8, 4) is 22.5 Å². The number of hydrogen-bond donors (Lipinski definition) is 1. The molecule has 5 rings (SSSR count). The van der Waals surface area contributed by atoms with Crippen molar-refractivity contribution in [2.75, 3.05) is 0 Å². The molecule has 0 saturated carbocycles. The van der Waals surface area contributed by atoms with Crippen LogP contribution in [-0.2, 0) is 6.54 Å². The van der Waals surface area contributed by atoms with Crippen molar-refractivity contribution in [3.05, 3.63) is 94.0 Å². The van der Waals surface area contributed by atoms with E-state index in [2.05, 4.69) is 15.2 Å². The molecule has 2 heterocycles. The lowest BCUT2D eigenvalue weighted by Crippen LogP contribution is -2.11. The number of fused-ring (bicyclic) bond motifs is 1. The summed E-state index contributed by atoms with van der Waals surface area (Å²) in [5, 5.41) is 10.5. The molecule has 5 aromatic rings. The molecular weight excluding hydrogens is 459 g/mol. The van der Waals surface area contributed by atoms with Crippen LogP contribution in [-0.4, -0.2) is 19.7 Å². The third kappa shape index (κ3) is 4.05. The molecule has 0 atom stereocenters. The van der Waals surface area contributed by atoms with Gasteiger partial charge in [0.05, 0.1) is 4.90 Å². The molecule has 0 radical (unpaired) electrons. The molecule has 1 N–H and O–H groups in total. The van der Waals surface area contributed by atoms with E-state index in [1.165, 1.54) is 23.9 Å². The number of nitrogens with zero attached hydrogens (tertiary/aromatic N) is 3. The zero-order valence-corrected chi connectivity index (χ0v) is 19.1. The van der Waals surface area contributed by atoms with Gasteiger partial charge in [-0.25, -0.2) is 4.39 Å². The monoisotopic (exact) mass is 476 g/mol. The molecule has 8 heteroatoms. The molecule has 0 fully saturated rings. The van der Waals surface area contributed by atoms with Gasteiger partial charge in [0.25, 0.3) is 5.56 Å². The number of hydrogen-bond acceptors (Lipinski definition) is 4. The van der Waals surface area contributed by atoms with Crippen molar-refractivity contribution in [1.82, 2.24) is 19.7 Å². The van der Waals surface area contributed by atoms with E-state index in [9.17, 15) is 9.18 Å². The summed E-state index contributed by atoms with van der Waals surface area (Å²) in [6.45, 7) is 2.62. The van der Waals surface area contributed by atoms with E-state index in [1.54, 1.807) is 18.2 Å². The summed E-state index contributed by atoms with van der Waals surface area (Å²) < 4.78 is 16.2. The van der Waals surface area contributed by atoms with Crippen LogP contribution in [0.3, 0.4) is 0 Å². The van der Waals surface area contributed by atoms with Gasteiger partial charge in [0.15, 0.2) is 11.0 Å². The Morgan fingerprint density at radius 1 is 1.00 bits per heavy atom. The van der Waals surface area contributed by atoms with Crippen LogP contribution in [0.5, 0.6) is 0 Å². The van der Waals surface area contributed by atoms with Crippen LogP contribution in [0.25, 0.3) is 33.4 Å². The summed E-state index contributed by atoms with van der Waals surface area (Å²) in [6, 6.07) is 21.2. The summed E-state index contributed by atoms with van der Waals surface area (Å²) in [5.41, 5.74) is 2.59. The maximum Gasteiger partial charge on any atom is 0.263 e. The van der Waals surface area contributed by atoms with Gasteiger partial charge in [0, 0.05) is 33.6 Å². The largest absolute Gasteiger partial charge is 0.321 e. The number of aromatic nitrogens is 4. The Hall–Kier alpha value is -3.42. The molecule has 5 nitrogen and oxygen atoms in total. The van der Waals surface area contributed by atoms with Gasteiger partial charge in [0.2, 0.25) is 0 Å².